The van der Waals surface area contributed by atoms with Crippen molar-refractivity contribution in [1.82, 2.24) is 4.98 Å². The molecule has 0 saturated heterocycles. The van der Waals surface area contributed by atoms with Gasteiger partial charge in [-0.05, 0) is 42.0 Å². The van der Waals surface area contributed by atoms with Crippen LogP contribution in [0.5, 0.6) is 5.75 Å². The Hall–Kier alpha value is -4.45. The fourth-order valence-corrected chi connectivity index (χ4v) is 3.18. The van der Waals surface area contributed by atoms with Crippen molar-refractivity contribution in [3.63, 3.8) is 0 Å². The number of esters is 1. The van der Waals surface area contributed by atoms with E-state index in [4.69, 9.17) is 9.47 Å². The van der Waals surface area contributed by atoms with Gasteiger partial charge in [0.1, 0.15) is 12.4 Å². The Morgan fingerprint density at radius 1 is 0.879 bits per heavy atom. The van der Waals surface area contributed by atoms with Crippen molar-refractivity contribution in [2.75, 3.05) is 11.9 Å². The molecule has 0 aliphatic rings. The molecule has 0 atom stereocenters. The van der Waals surface area contributed by atoms with Crippen LogP contribution in [0, 0.1) is 0 Å². The van der Waals surface area contributed by atoms with Crippen LogP contribution in [0.1, 0.15) is 11.1 Å². The molecule has 0 saturated carbocycles. The normalized spacial score (nSPS) is 10.8. The highest BCUT2D eigenvalue weighted by molar-refractivity contribution is 5.96. The summed E-state index contributed by atoms with van der Waals surface area (Å²) in [5.41, 5.74) is 3.24. The van der Waals surface area contributed by atoms with Crippen molar-refractivity contribution >= 4 is 34.5 Å². The number of benzene rings is 3. The average molecular weight is 438 g/mol. The van der Waals surface area contributed by atoms with E-state index >= 15 is 0 Å². The Labute approximate surface area is 191 Å². The molecule has 164 valence electrons. The van der Waals surface area contributed by atoms with E-state index in [-0.39, 0.29) is 6.61 Å². The number of hydrogen-bond acceptors (Lipinski definition) is 5. The molecule has 4 aromatic rings. The summed E-state index contributed by atoms with van der Waals surface area (Å²) in [6, 6.07) is 26.4. The van der Waals surface area contributed by atoms with Crippen molar-refractivity contribution < 1.29 is 19.1 Å². The number of hydrogen-bond donors (Lipinski definition) is 1. The lowest BCUT2D eigenvalue weighted by Crippen LogP contribution is -2.20. The van der Waals surface area contributed by atoms with Crippen LogP contribution in [-0.4, -0.2) is 23.5 Å². The smallest absolute Gasteiger partial charge is 0.331 e. The van der Waals surface area contributed by atoms with Gasteiger partial charge in [0.05, 0.1) is 5.52 Å². The number of ether oxygens (including phenoxy) is 2. The monoisotopic (exact) mass is 438 g/mol. The number of amides is 1. The van der Waals surface area contributed by atoms with Gasteiger partial charge in [-0.25, -0.2) is 4.79 Å². The molecule has 1 N–H and O–H groups in total. The van der Waals surface area contributed by atoms with E-state index in [1.807, 2.05) is 60.7 Å². The van der Waals surface area contributed by atoms with Gasteiger partial charge < -0.3 is 14.8 Å². The topological polar surface area (TPSA) is 77.5 Å². The van der Waals surface area contributed by atoms with Gasteiger partial charge >= 0.3 is 5.97 Å². The summed E-state index contributed by atoms with van der Waals surface area (Å²) in [6.07, 6.45) is 4.61. The predicted octanol–water partition coefficient (Wildman–Crippen LogP) is 5.01. The third-order valence-electron chi connectivity index (χ3n) is 4.79. The Bertz CT molecular complexity index is 1260. The maximum absolute atomic E-state index is 12.1. The van der Waals surface area contributed by atoms with Crippen LogP contribution in [0.15, 0.2) is 97.2 Å². The first-order valence-electron chi connectivity index (χ1n) is 10.4. The van der Waals surface area contributed by atoms with Gasteiger partial charge in [0.2, 0.25) is 0 Å². The fourth-order valence-electron chi connectivity index (χ4n) is 3.18. The van der Waals surface area contributed by atoms with E-state index in [0.29, 0.717) is 18.0 Å². The van der Waals surface area contributed by atoms with Crippen molar-refractivity contribution in [3.05, 3.63) is 108 Å². The summed E-state index contributed by atoms with van der Waals surface area (Å²) in [5, 5.41) is 3.67. The number of para-hydroxylation sites is 1. The highest BCUT2D eigenvalue weighted by Gasteiger charge is 2.07. The van der Waals surface area contributed by atoms with Crippen LogP contribution in [0.25, 0.3) is 17.0 Å². The second kappa shape index (κ2) is 10.7. The first-order chi connectivity index (χ1) is 16.2. The molecule has 0 spiro atoms. The molecule has 0 fully saturated rings. The standard InChI is InChI=1S/C27H22N2O4/c30-25(29-23-12-14-24(15-13-23)32-18-20-6-2-1-3-7-20)19-33-26(31)16-11-22-9-4-8-21-10-5-17-28-27(21)22/h1-17H,18-19H2,(H,29,30)/b16-11+. The predicted molar refractivity (Wildman–Crippen MR) is 128 cm³/mol. The van der Waals surface area contributed by atoms with Crippen LogP contribution in [0.4, 0.5) is 5.69 Å². The zero-order valence-corrected chi connectivity index (χ0v) is 17.8. The van der Waals surface area contributed by atoms with Gasteiger partial charge in [-0.15, -0.1) is 0 Å². The first-order valence-corrected chi connectivity index (χ1v) is 10.4. The van der Waals surface area contributed by atoms with Gasteiger partial charge in [-0.1, -0.05) is 54.6 Å². The number of rotatable bonds is 8. The SMILES string of the molecule is O=C(COC(=O)/C=C/c1cccc2cccnc12)Nc1ccc(OCc2ccccc2)cc1. The number of pyridine rings is 1. The van der Waals surface area contributed by atoms with Gasteiger partial charge in [-0.3, -0.25) is 9.78 Å². The molecule has 0 unspecified atom stereocenters. The van der Waals surface area contributed by atoms with Crippen molar-refractivity contribution in [2.45, 2.75) is 6.61 Å². The second-order valence-corrected chi connectivity index (χ2v) is 7.21. The Balaban J connectivity index is 1.24. The summed E-state index contributed by atoms with van der Waals surface area (Å²) in [7, 11) is 0. The number of carbonyl (C=O) groups excluding carboxylic acids is 2. The van der Waals surface area contributed by atoms with Crippen LogP contribution in [0.2, 0.25) is 0 Å². The van der Waals surface area contributed by atoms with E-state index in [0.717, 1.165) is 22.0 Å². The van der Waals surface area contributed by atoms with E-state index in [9.17, 15) is 9.59 Å². The van der Waals surface area contributed by atoms with Gasteiger partial charge in [-0.2, -0.15) is 0 Å². The second-order valence-electron chi connectivity index (χ2n) is 7.21. The number of anilines is 1. The van der Waals surface area contributed by atoms with Gasteiger partial charge in [0.25, 0.3) is 5.91 Å². The molecular formula is C27H22N2O4. The van der Waals surface area contributed by atoms with E-state index in [2.05, 4.69) is 10.3 Å². The summed E-state index contributed by atoms with van der Waals surface area (Å²) < 4.78 is 10.8. The third-order valence-corrected chi connectivity index (χ3v) is 4.79. The molecule has 0 aliphatic heterocycles. The maximum atomic E-state index is 12.1. The minimum Gasteiger partial charge on any atom is -0.489 e. The fraction of sp³-hybridized carbons (Fsp3) is 0.0741. The molecule has 1 heterocycles. The van der Waals surface area contributed by atoms with Crippen molar-refractivity contribution in [1.29, 1.82) is 0 Å². The lowest BCUT2D eigenvalue weighted by molar-refractivity contribution is -0.142. The van der Waals surface area contributed by atoms with Crippen LogP contribution >= 0.6 is 0 Å². The molecule has 33 heavy (non-hydrogen) atoms. The van der Waals surface area contributed by atoms with Crippen LogP contribution < -0.4 is 10.1 Å². The maximum Gasteiger partial charge on any atom is 0.331 e. The summed E-state index contributed by atoms with van der Waals surface area (Å²) in [5.74, 6) is -0.347. The minimum absolute atomic E-state index is 0.386. The Morgan fingerprint density at radius 3 is 2.48 bits per heavy atom. The summed E-state index contributed by atoms with van der Waals surface area (Å²) in [6.45, 7) is 0.0775. The van der Waals surface area contributed by atoms with Gasteiger partial charge in [0, 0.05) is 28.9 Å². The molecule has 1 amide bonds. The number of nitrogens with one attached hydrogen (secondary N) is 1. The van der Waals surface area contributed by atoms with E-state index in [1.54, 1.807) is 36.5 Å². The van der Waals surface area contributed by atoms with E-state index in [1.165, 1.54) is 6.08 Å². The molecular weight excluding hydrogens is 416 g/mol. The van der Waals surface area contributed by atoms with Crippen molar-refractivity contribution in [3.8, 4) is 5.75 Å². The van der Waals surface area contributed by atoms with Crippen LogP contribution in [0.3, 0.4) is 0 Å². The lowest BCUT2D eigenvalue weighted by Gasteiger charge is -2.08. The molecule has 0 bridgehead atoms. The summed E-state index contributed by atoms with van der Waals surface area (Å²) >= 11 is 0. The zero-order chi connectivity index (χ0) is 22.9. The number of fused-ring (bicyclic) bond motifs is 1. The first kappa shape index (κ1) is 21.8. The number of nitrogens with zero attached hydrogens (tertiary/aromatic N) is 1. The Kier molecular flexibility index (Phi) is 7.08. The van der Waals surface area contributed by atoms with Crippen LogP contribution in [-0.2, 0) is 20.9 Å². The van der Waals surface area contributed by atoms with Gasteiger partial charge in [0.15, 0.2) is 6.61 Å². The minimum atomic E-state index is -0.609. The van der Waals surface area contributed by atoms with Crippen molar-refractivity contribution in [2.24, 2.45) is 0 Å². The number of aromatic nitrogens is 1. The molecule has 0 aliphatic carbocycles. The summed E-state index contributed by atoms with van der Waals surface area (Å²) in [4.78, 5) is 28.5. The zero-order valence-electron chi connectivity index (χ0n) is 17.8. The molecule has 3 aromatic carbocycles. The highest BCUT2D eigenvalue weighted by Crippen LogP contribution is 2.18. The molecule has 6 heteroatoms. The largest absolute Gasteiger partial charge is 0.489 e. The highest BCUT2D eigenvalue weighted by atomic mass is 16.5. The quantitative estimate of drug-likeness (QED) is 0.309. The third kappa shape index (κ3) is 6.27. The van der Waals surface area contributed by atoms with E-state index < -0.39 is 11.9 Å². The molecule has 4 rings (SSSR count). The average Bonchev–Trinajstić information content (AvgIpc) is 2.86. The molecule has 6 nitrogen and oxygen atoms in total. The molecule has 0 radical (unpaired) electrons. The lowest BCUT2D eigenvalue weighted by atomic mass is 10.1. The Morgan fingerprint density at radius 2 is 1.67 bits per heavy atom. The number of carbonyl (C=O) groups is 2. The molecule has 1 aromatic heterocycles.